The molecule has 1 aliphatic rings. The summed E-state index contributed by atoms with van der Waals surface area (Å²) in [7, 11) is -3.88. The van der Waals surface area contributed by atoms with Crippen molar-refractivity contribution in [3.05, 3.63) is 71.1 Å². The molecule has 122 valence electrons. The lowest BCUT2D eigenvalue weighted by Gasteiger charge is -2.16. The highest BCUT2D eigenvalue weighted by Crippen LogP contribution is 2.32. The molecule has 5 nitrogen and oxygen atoms in total. The zero-order chi connectivity index (χ0) is 17.2. The zero-order valence-corrected chi connectivity index (χ0v) is 14.7. The molecule has 1 N–H and O–H groups in total. The van der Waals surface area contributed by atoms with Gasteiger partial charge in [-0.2, -0.15) is 0 Å². The van der Waals surface area contributed by atoms with Gasteiger partial charge in [-0.25, -0.2) is 13.4 Å². The van der Waals surface area contributed by atoms with Crippen molar-refractivity contribution in [1.82, 2.24) is 9.84 Å². The minimum Gasteiger partial charge on any atom is -0.259 e. The van der Waals surface area contributed by atoms with E-state index in [-0.39, 0.29) is 9.88 Å². The first kappa shape index (κ1) is 16.8. The van der Waals surface area contributed by atoms with E-state index in [2.05, 4.69) is 4.83 Å². The van der Waals surface area contributed by atoms with Gasteiger partial charge in [0.05, 0.1) is 9.80 Å². The van der Waals surface area contributed by atoms with Gasteiger partial charge < -0.3 is 0 Å². The number of nitrogens with zero attached hydrogens (tertiary/aromatic N) is 1. The fourth-order valence-corrected chi connectivity index (χ4v) is 4.33. The summed E-state index contributed by atoms with van der Waals surface area (Å²) < 4.78 is 24.7. The van der Waals surface area contributed by atoms with Crippen LogP contribution in [0.3, 0.4) is 0 Å². The molecule has 0 spiro atoms. The maximum Gasteiger partial charge on any atom is 0.307 e. The number of thioether (sulfide) groups is 1. The van der Waals surface area contributed by atoms with Crippen molar-refractivity contribution in [2.45, 2.75) is 4.90 Å². The molecule has 2 aromatic rings. The summed E-state index contributed by atoms with van der Waals surface area (Å²) in [4.78, 5) is 15.1. The van der Waals surface area contributed by atoms with E-state index in [1.54, 1.807) is 24.3 Å². The quantitative estimate of drug-likeness (QED) is 0.654. The van der Waals surface area contributed by atoms with Crippen LogP contribution in [0, 0.1) is 0 Å². The van der Waals surface area contributed by atoms with Gasteiger partial charge in [0.1, 0.15) is 4.99 Å². The Morgan fingerprint density at radius 3 is 2.21 bits per heavy atom. The molecule has 1 aliphatic heterocycles. The van der Waals surface area contributed by atoms with Crippen LogP contribution in [0.2, 0.25) is 0 Å². The van der Waals surface area contributed by atoms with Crippen LogP contribution >= 0.6 is 24.0 Å². The molecule has 1 saturated heterocycles. The molecule has 0 aromatic heterocycles. The molecule has 0 bridgehead atoms. The van der Waals surface area contributed by atoms with E-state index in [1.165, 1.54) is 12.1 Å². The molecule has 1 heterocycles. The van der Waals surface area contributed by atoms with Gasteiger partial charge in [0.2, 0.25) is 0 Å². The van der Waals surface area contributed by atoms with Gasteiger partial charge in [-0.1, -0.05) is 60.7 Å². The fraction of sp³-hybridized carbons (Fsp3) is 0. The van der Waals surface area contributed by atoms with Gasteiger partial charge in [0.15, 0.2) is 0 Å². The number of hydrogen-bond acceptors (Lipinski definition) is 5. The minimum atomic E-state index is -3.88. The average molecular weight is 376 g/mol. The molecule has 0 atom stereocenters. The van der Waals surface area contributed by atoms with Crippen LogP contribution in [0.4, 0.5) is 4.79 Å². The molecule has 0 unspecified atom stereocenters. The number of sulfonamides is 1. The molecule has 8 heteroatoms. The summed E-state index contributed by atoms with van der Waals surface area (Å²) >= 11 is 6.14. The Hall–Kier alpha value is -2.00. The van der Waals surface area contributed by atoms with Crippen LogP contribution < -0.4 is 4.83 Å². The van der Waals surface area contributed by atoms with Crippen molar-refractivity contribution in [2.24, 2.45) is 0 Å². The number of hydrogen-bond donors (Lipinski definition) is 1. The van der Waals surface area contributed by atoms with Crippen molar-refractivity contribution in [1.29, 1.82) is 0 Å². The number of hydrazine groups is 1. The third-order valence-electron chi connectivity index (χ3n) is 3.16. The summed E-state index contributed by atoms with van der Waals surface area (Å²) in [5.41, 5.74) is 0.878. The van der Waals surface area contributed by atoms with E-state index in [0.29, 0.717) is 4.91 Å². The second kappa shape index (κ2) is 6.86. The molecule has 0 radical (unpaired) electrons. The van der Waals surface area contributed by atoms with E-state index >= 15 is 0 Å². The van der Waals surface area contributed by atoms with Gasteiger partial charge in [-0.3, -0.25) is 4.79 Å². The SMILES string of the molecule is O=C1S/C(=C/c2ccccc2)C(=S)N1NS(=O)(=O)c1ccccc1. The van der Waals surface area contributed by atoms with Crippen LogP contribution in [0.15, 0.2) is 70.5 Å². The monoisotopic (exact) mass is 376 g/mol. The van der Waals surface area contributed by atoms with E-state index in [1.807, 2.05) is 30.3 Å². The Morgan fingerprint density at radius 1 is 1.00 bits per heavy atom. The maximum absolute atomic E-state index is 12.4. The maximum atomic E-state index is 12.4. The number of amides is 1. The molecule has 0 saturated carbocycles. The van der Waals surface area contributed by atoms with Crippen LogP contribution in [0.5, 0.6) is 0 Å². The lowest BCUT2D eigenvalue weighted by molar-refractivity contribution is 0.241. The third kappa shape index (κ3) is 3.57. The van der Waals surface area contributed by atoms with Gasteiger partial charge in [-0.05, 0) is 35.5 Å². The lowest BCUT2D eigenvalue weighted by atomic mass is 10.2. The highest BCUT2D eigenvalue weighted by Gasteiger charge is 2.35. The lowest BCUT2D eigenvalue weighted by Crippen LogP contribution is -2.44. The number of nitrogens with one attached hydrogen (secondary N) is 1. The Bertz CT molecular complexity index is 910. The van der Waals surface area contributed by atoms with Crippen molar-refractivity contribution in [3.63, 3.8) is 0 Å². The fourth-order valence-electron chi connectivity index (χ4n) is 2.02. The number of thiocarbonyl (C=S) groups is 1. The van der Waals surface area contributed by atoms with Gasteiger partial charge in [0, 0.05) is 0 Å². The molecule has 1 amide bonds. The number of rotatable bonds is 4. The first-order chi connectivity index (χ1) is 11.5. The highest BCUT2D eigenvalue weighted by atomic mass is 32.2. The normalized spacial score (nSPS) is 16.8. The van der Waals surface area contributed by atoms with E-state index < -0.39 is 15.3 Å². The molecule has 3 rings (SSSR count). The van der Waals surface area contributed by atoms with E-state index in [4.69, 9.17) is 12.2 Å². The van der Waals surface area contributed by atoms with Crippen LogP contribution in [0.25, 0.3) is 6.08 Å². The topological polar surface area (TPSA) is 66.5 Å². The zero-order valence-electron chi connectivity index (χ0n) is 12.2. The van der Waals surface area contributed by atoms with Crippen molar-refractivity contribution < 1.29 is 13.2 Å². The Kier molecular flexibility index (Phi) is 4.81. The molecule has 0 aliphatic carbocycles. The molecule has 24 heavy (non-hydrogen) atoms. The third-order valence-corrected chi connectivity index (χ3v) is 5.89. The van der Waals surface area contributed by atoms with Gasteiger partial charge in [0.25, 0.3) is 10.0 Å². The number of benzene rings is 2. The van der Waals surface area contributed by atoms with Gasteiger partial charge in [-0.15, -0.1) is 4.83 Å². The summed E-state index contributed by atoms with van der Waals surface area (Å²) in [6.45, 7) is 0. The molecule has 1 fully saturated rings. The summed E-state index contributed by atoms with van der Waals surface area (Å²) in [5.74, 6) is 0. The standard InChI is InChI=1S/C16H12N2O3S3/c19-16-18(17-24(20,21)13-9-5-2-6-10-13)15(22)14(23-16)11-12-7-3-1-4-8-12/h1-11,17H/b14-11+. The first-order valence-corrected chi connectivity index (χ1v) is 9.59. The van der Waals surface area contributed by atoms with Crippen molar-refractivity contribution >= 4 is 50.3 Å². The summed E-state index contributed by atoms with van der Waals surface area (Å²) in [6, 6.07) is 17.2. The average Bonchev–Trinajstić information content (AvgIpc) is 2.84. The summed E-state index contributed by atoms with van der Waals surface area (Å²) in [5, 5.41) is 0.401. The largest absolute Gasteiger partial charge is 0.307 e. The minimum absolute atomic E-state index is 0.0612. The second-order valence-corrected chi connectivity index (χ2v) is 7.88. The smallest absolute Gasteiger partial charge is 0.259 e. The second-order valence-electron chi connectivity index (χ2n) is 4.84. The molecule has 2 aromatic carbocycles. The van der Waals surface area contributed by atoms with E-state index in [9.17, 15) is 13.2 Å². The van der Waals surface area contributed by atoms with E-state index in [0.717, 1.165) is 22.3 Å². The first-order valence-electron chi connectivity index (χ1n) is 6.88. The van der Waals surface area contributed by atoms with Crippen LogP contribution in [0.1, 0.15) is 5.56 Å². The van der Waals surface area contributed by atoms with Crippen molar-refractivity contribution in [3.8, 4) is 0 Å². The molecular weight excluding hydrogens is 364 g/mol. The van der Waals surface area contributed by atoms with Crippen molar-refractivity contribution in [2.75, 3.05) is 0 Å². The van der Waals surface area contributed by atoms with Crippen LogP contribution in [-0.4, -0.2) is 23.7 Å². The van der Waals surface area contributed by atoms with Crippen LogP contribution in [-0.2, 0) is 10.0 Å². The molecular formula is C16H12N2O3S3. The highest BCUT2D eigenvalue weighted by molar-refractivity contribution is 8.19. The summed E-state index contributed by atoms with van der Waals surface area (Å²) in [6.07, 6.45) is 1.75. The number of carbonyl (C=O) groups is 1. The Balaban J connectivity index is 1.84. The predicted molar refractivity (Wildman–Crippen MR) is 98.6 cm³/mol. The predicted octanol–water partition coefficient (Wildman–Crippen LogP) is 3.42. The van der Waals surface area contributed by atoms with Gasteiger partial charge >= 0.3 is 5.24 Å². The Labute approximate surface area is 149 Å². The Morgan fingerprint density at radius 2 is 1.58 bits per heavy atom. The number of carbonyl (C=O) groups excluding carboxylic acids is 1.